The van der Waals surface area contributed by atoms with Crippen molar-refractivity contribution in [3.63, 3.8) is 0 Å². The fourth-order valence-corrected chi connectivity index (χ4v) is 1.49. The van der Waals surface area contributed by atoms with Crippen molar-refractivity contribution in [1.82, 2.24) is 20.6 Å². The van der Waals surface area contributed by atoms with E-state index in [0.717, 1.165) is 6.54 Å². The number of aromatic nitrogens is 2. The molecule has 3 N–H and O–H groups in total. The Balaban J connectivity index is 2.37. The lowest BCUT2D eigenvalue weighted by Crippen LogP contribution is -2.34. The van der Waals surface area contributed by atoms with Crippen LogP contribution >= 0.6 is 0 Å². The third-order valence-electron chi connectivity index (χ3n) is 2.33. The van der Waals surface area contributed by atoms with Crippen molar-refractivity contribution in [2.24, 2.45) is 0 Å². The Hall–Kier alpha value is -2.18. The lowest BCUT2D eigenvalue weighted by Gasteiger charge is -2.08. The molecule has 1 heterocycles. The molecule has 1 aromatic rings. The number of nitrogens with zero attached hydrogens (tertiary/aromatic N) is 2. The van der Waals surface area contributed by atoms with Gasteiger partial charge >= 0.3 is 0 Å². The van der Waals surface area contributed by atoms with Crippen LogP contribution in [0.25, 0.3) is 0 Å². The molecule has 7 nitrogen and oxygen atoms in total. The molecule has 0 aliphatic carbocycles. The summed E-state index contributed by atoms with van der Waals surface area (Å²) in [4.78, 5) is 31.2. The summed E-state index contributed by atoms with van der Waals surface area (Å²) in [5.74, 6) is 0.201. The van der Waals surface area contributed by atoms with Crippen LogP contribution in [0.1, 0.15) is 37.7 Å². The zero-order valence-corrected chi connectivity index (χ0v) is 12.1. The van der Waals surface area contributed by atoms with Crippen molar-refractivity contribution in [2.75, 3.05) is 18.4 Å². The fraction of sp³-hybridized carbons (Fsp3) is 0.538. The number of carbonyl (C=O) groups excluding carboxylic acids is 2. The maximum atomic E-state index is 11.8. The van der Waals surface area contributed by atoms with E-state index in [4.69, 9.17) is 0 Å². The molecule has 0 saturated heterocycles. The maximum Gasteiger partial charge on any atom is 0.271 e. The Morgan fingerprint density at radius 3 is 2.55 bits per heavy atom. The van der Waals surface area contributed by atoms with Crippen molar-refractivity contribution < 1.29 is 9.59 Å². The molecule has 2 amide bonds. The first-order valence-corrected chi connectivity index (χ1v) is 6.66. The van der Waals surface area contributed by atoms with Crippen LogP contribution in [0.4, 0.5) is 5.82 Å². The zero-order valence-electron chi connectivity index (χ0n) is 12.1. The Labute approximate surface area is 118 Å². The molecule has 0 aliphatic rings. The van der Waals surface area contributed by atoms with Gasteiger partial charge in [0.1, 0.15) is 11.5 Å². The van der Waals surface area contributed by atoms with Gasteiger partial charge in [0.05, 0.1) is 12.4 Å². The molecule has 0 unspecified atom stereocenters. The van der Waals surface area contributed by atoms with Crippen molar-refractivity contribution in [1.29, 1.82) is 0 Å². The summed E-state index contributed by atoms with van der Waals surface area (Å²) in [6.45, 7) is 6.74. The highest BCUT2D eigenvalue weighted by Gasteiger charge is 2.09. The van der Waals surface area contributed by atoms with Gasteiger partial charge in [-0.3, -0.25) is 9.59 Å². The van der Waals surface area contributed by atoms with Gasteiger partial charge in [0, 0.05) is 25.6 Å². The highest BCUT2D eigenvalue weighted by atomic mass is 16.2. The van der Waals surface area contributed by atoms with E-state index in [2.05, 4.69) is 25.9 Å². The third-order valence-corrected chi connectivity index (χ3v) is 2.33. The third kappa shape index (κ3) is 5.64. The number of nitrogens with one attached hydrogen (secondary N) is 3. The molecule has 0 radical (unpaired) electrons. The lowest BCUT2D eigenvalue weighted by atomic mass is 10.3. The average molecular weight is 279 g/mol. The van der Waals surface area contributed by atoms with Crippen molar-refractivity contribution in [2.45, 2.75) is 33.2 Å². The Morgan fingerprint density at radius 1 is 1.25 bits per heavy atom. The molecular formula is C13H21N5O2. The summed E-state index contributed by atoms with van der Waals surface area (Å²) in [6.07, 6.45) is 3.15. The van der Waals surface area contributed by atoms with E-state index in [-0.39, 0.29) is 36.5 Å². The largest absolute Gasteiger partial charge is 0.369 e. The Bertz CT molecular complexity index is 445. The molecule has 1 rings (SSSR count). The number of rotatable bonds is 7. The van der Waals surface area contributed by atoms with Gasteiger partial charge in [-0.15, -0.1) is 0 Å². The molecule has 0 atom stereocenters. The highest BCUT2D eigenvalue weighted by molar-refractivity contribution is 5.92. The average Bonchev–Trinajstić information content (AvgIpc) is 2.39. The molecule has 1 aromatic heterocycles. The van der Waals surface area contributed by atoms with Gasteiger partial charge in [0.15, 0.2) is 0 Å². The first kappa shape index (κ1) is 15.9. The van der Waals surface area contributed by atoms with Crippen molar-refractivity contribution in [3.8, 4) is 0 Å². The minimum Gasteiger partial charge on any atom is -0.369 e. The summed E-state index contributed by atoms with van der Waals surface area (Å²) in [5, 5.41) is 8.37. The van der Waals surface area contributed by atoms with Crippen molar-refractivity contribution >= 4 is 17.6 Å². The van der Waals surface area contributed by atoms with Gasteiger partial charge in [-0.2, -0.15) is 0 Å². The second-order valence-corrected chi connectivity index (χ2v) is 4.55. The molecule has 0 aliphatic heterocycles. The minimum atomic E-state index is -0.335. The quantitative estimate of drug-likeness (QED) is 0.677. The van der Waals surface area contributed by atoms with Gasteiger partial charge in [0.25, 0.3) is 5.91 Å². The predicted octanol–water partition coefficient (Wildman–Crippen LogP) is 0.553. The van der Waals surface area contributed by atoms with Gasteiger partial charge in [-0.05, 0) is 20.8 Å². The molecule has 0 fully saturated rings. The van der Waals surface area contributed by atoms with Gasteiger partial charge in [-0.25, -0.2) is 9.97 Å². The summed E-state index contributed by atoms with van der Waals surface area (Å²) in [5.41, 5.74) is 0.232. The molecule has 0 saturated carbocycles. The molecule has 110 valence electrons. The molecule has 0 bridgehead atoms. The normalized spacial score (nSPS) is 10.2. The maximum absolute atomic E-state index is 11.8. The van der Waals surface area contributed by atoms with Crippen LogP contribution in [0.15, 0.2) is 12.4 Å². The van der Waals surface area contributed by atoms with Crippen LogP contribution in [-0.4, -0.2) is 40.9 Å². The van der Waals surface area contributed by atoms with E-state index >= 15 is 0 Å². The van der Waals surface area contributed by atoms with Gasteiger partial charge in [0.2, 0.25) is 5.91 Å². The number of hydrogen-bond acceptors (Lipinski definition) is 5. The lowest BCUT2D eigenvalue weighted by molar-refractivity contribution is -0.121. The highest BCUT2D eigenvalue weighted by Crippen LogP contribution is 2.00. The van der Waals surface area contributed by atoms with Gasteiger partial charge in [-0.1, -0.05) is 0 Å². The zero-order chi connectivity index (χ0) is 15.0. The van der Waals surface area contributed by atoms with Gasteiger partial charge < -0.3 is 16.0 Å². The van der Waals surface area contributed by atoms with Crippen LogP contribution in [0.5, 0.6) is 0 Å². The number of anilines is 1. The molecule has 0 spiro atoms. The molecule has 7 heteroatoms. The summed E-state index contributed by atoms with van der Waals surface area (Å²) in [7, 11) is 0. The monoisotopic (exact) mass is 279 g/mol. The number of carbonyl (C=O) groups is 2. The Morgan fingerprint density at radius 2 is 2.00 bits per heavy atom. The van der Waals surface area contributed by atoms with E-state index < -0.39 is 0 Å². The number of hydrogen-bond donors (Lipinski definition) is 3. The second kappa shape index (κ2) is 8.08. The smallest absolute Gasteiger partial charge is 0.271 e. The van der Waals surface area contributed by atoms with Crippen LogP contribution in [0.3, 0.4) is 0 Å². The molecular weight excluding hydrogens is 258 g/mol. The summed E-state index contributed by atoms with van der Waals surface area (Å²) >= 11 is 0. The van der Waals surface area contributed by atoms with E-state index in [1.54, 1.807) is 0 Å². The summed E-state index contributed by atoms with van der Waals surface area (Å²) in [6, 6.07) is 0.0997. The fourth-order valence-electron chi connectivity index (χ4n) is 1.49. The first-order chi connectivity index (χ1) is 9.52. The van der Waals surface area contributed by atoms with E-state index in [0.29, 0.717) is 5.82 Å². The minimum absolute atomic E-state index is 0.0890. The SMILES string of the molecule is CCNc1cnc(C(=O)NCCC(=O)NC(C)C)cn1. The predicted molar refractivity (Wildman–Crippen MR) is 76.4 cm³/mol. The van der Waals surface area contributed by atoms with Crippen LogP contribution in [0.2, 0.25) is 0 Å². The van der Waals surface area contributed by atoms with E-state index in [1.165, 1.54) is 12.4 Å². The van der Waals surface area contributed by atoms with Crippen molar-refractivity contribution in [3.05, 3.63) is 18.1 Å². The Kier molecular flexibility index (Phi) is 6.42. The van der Waals surface area contributed by atoms with Crippen LogP contribution in [0, 0.1) is 0 Å². The topological polar surface area (TPSA) is 96.0 Å². The molecule has 20 heavy (non-hydrogen) atoms. The van der Waals surface area contributed by atoms with E-state index in [1.807, 2.05) is 20.8 Å². The number of amides is 2. The van der Waals surface area contributed by atoms with Crippen LogP contribution < -0.4 is 16.0 Å². The first-order valence-electron chi connectivity index (χ1n) is 6.66. The van der Waals surface area contributed by atoms with E-state index in [9.17, 15) is 9.59 Å². The second-order valence-electron chi connectivity index (χ2n) is 4.55. The standard InChI is InChI=1S/C13H21N5O2/c1-4-14-11-8-16-10(7-17-11)13(20)15-6-5-12(19)18-9(2)3/h7-9H,4-6H2,1-3H3,(H,14,17)(H,15,20)(H,18,19). The summed E-state index contributed by atoms with van der Waals surface area (Å²) < 4.78 is 0. The van der Waals surface area contributed by atoms with Crippen LogP contribution in [-0.2, 0) is 4.79 Å². The molecule has 0 aromatic carbocycles.